The summed E-state index contributed by atoms with van der Waals surface area (Å²) in [4.78, 5) is 0. The molecule has 0 aromatic heterocycles. The second-order valence-electron chi connectivity index (χ2n) is 4.52. The van der Waals surface area contributed by atoms with Crippen molar-refractivity contribution >= 4 is 27.5 Å². The van der Waals surface area contributed by atoms with Gasteiger partial charge in [-0.05, 0) is 36.8 Å². The van der Waals surface area contributed by atoms with Gasteiger partial charge in [-0.3, -0.25) is 0 Å². The highest BCUT2D eigenvalue weighted by Gasteiger charge is 2.11. The smallest absolute Gasteiger partial charge is 0.141 e. The molecular formula is C15H13BrClF2N. The third-order valence-electron chi connectivity index (χ3n) is 3.03. The fourth-order valence-corrected chi connectivity index (χ4v) is 2.42. The summed E-state index contributed by atoms with van der Waals surface area (Å²) >= 11 is 8.95. The van der Waals surface area contributed by atoms with Crippen LogP contribution in [0.3, 0.4) is 0 Å². The van der Waals surface area contributed by atoms with E-state index in [0.717, 1.165) is 5.56 Å². The van der Waals surface area contributed by atoms with Gasteiger partial charge in [0.15, 0.2) is 0 Å². The highest BCUT2D eigenvalue weighted by molar-refractivity contribution is 9.10. The van der Waals surface area contributed by atoms with Crippen LogP contribution in [0, 0.1) is 11.6 Å². The third kappa shape index (κ3) is 3.78. The molecule has 0 saturated heterocycles. The molecule has 106 valence electrons. The first-order valence-electron chi connectivity index (χ1n) is 6.09. The zero-order chi connectivity index (χ0) is 14.7. The lowest BCUT2D eigenvalue weighted by Crippen LogP contribution is -2.19. The van der Waals surface area contributed by atoms with Crippen LogP contribution in [0.25, 0.3) is 0 Å². The summed E-state index contributed by atoms with van der Waals surface area (Å²) in [5.74, 6) is -0.709. The lowest BCUT2D eigenvalue weighted by Gasteiger charge is -2.15. The van der Waals surface area contributed by atoms with Gasteiger partial charge >= 0.3 is 0 Å². The number of hydrogen-bond donors (Lipinski definition) is 1. The number of halogens is 4. The monoisotopic (exact) mass is 359 g/mol. The van der Waals surface area contributed by atoms with Crippen LogP contribution in [-0.2, 0) is 6.54 Å². The van der Waals surface area contributed by atoms with E-state index in [0.29, 0.717) is 16.6 Å². The normalized spacial score (nSPS) is 12.4. The Morgan fingerprint density at radius 1 is 1.15 bits per heavy atom. The van der Waals surface area contributed by atoms with E-state index in [4.69, 9.17) is 11.6 Å². The summed E-state index contributed by atoms with van der Waals surface area (Å²) in [6.45, 7) is 2.36. The highest BCUT2D eigenvalue weighted by atomic mass is 79.9. The fraction of sp³-hybridized carbons (Fsp3) is 0.200. The van der Waals surface area contributed by atoms with Crippen molar-refractivity contribution in [2.24, 2.45) is 0 Å². The molecule has 1 N–H and O–H groups in total. The van der Waals surface area contributed by atoms with Crippen LogP contribution in [-0.4, -0.2) is 0 Å². The summed E-state index contributed by atoms with van der Waals surface area (Å²) in [6, 6.07) is 9.34. The van der Waals surface area contributed by atoms with Crippen LogP contribution in [0.1, 0.15) is 24.1 Å². The summed E-state index contributed by atoms with van der Waals surface area (Å²) in [5.41, 5.74) is 1.43. The van der Waals surface area contributed by atoms with E-state index in [1.807, 2.05) is 6.92 Å². The number of rotatable bonds is 4. The van der Waals surface area contributed by atoms with E-state index in [1.165, 1.54) is 12.1 Å². The van der Waals surface area contributed by atoms with Gasteiger partial charge in [0.1, 0.15) is 11.6 Å². The molecule has 1 unspecified atom stereocenters. The van der Waals surface area contributed by atoms with Crippen molar-refractivity contribution in [3.8, 4) is 0 Å². The maximum absolute atomic E-state index is 13.8. The molecule has 0 aliphatic carbocycles. The first kappa shape index (κ1) is 15.4. The first-order valence-corrected chi connectivity index (χ1v) is 7.26. The van der Waals surface area contributed by atoms with Crippen LogP contribution in [0.15, 0.2) is 40.9 Å². The highest BCUT2D eigenvalue weighted by Crippen LogP contribution is 2.22. The minimum atomic E-state index is -0.442. The molecular weight excluding hydrogens is 348 g/mol. The Morgan fingerprint density at radius 2 is 1.90 bits per heavy atom. The predicted octanol–water partition coefficient (Wildman–Crippen LogP) is 5.23. The Morgan fingerprint density at radius 3 is 2.55 bits per heavy atom. The van der Waals surface area contributed by atoms with Crippen molar-refractivity contribution < 1.29 is 8.78 Å². The van der Waals surface area contributed by atoms with Gasteiger partial charge in [0.2, 0.25) is 0 Å². The molecule has 0 heterocycles. The molecule has 5 heteroatoms. The largest absolute Gasteiger partial charge is 0.306 e. The second-order valence-corrected chi connectivity index (χ2v) is 5.84. The topological polar surface area (TPSA) is 12.0 Å². The van der Waals surface area contributed by atoms with Crippen molar-refractivity contribution in [1.29, 1.82) is 0 Å². The average Bonchev–Trinajstić information content (AvgIpc) is 2.40. The molecule has 0 bridgehead atoms. The lowest BCUT2D eigenvalue weighted by molar-refractivity contribution is 0.527. The van der Waals surface area contributed by atoms with Crippen molar-refractivity contribution in [2.45, 2.75) is 19.5 Å². The molecule has 1 nitrogen and oxygen atoms in total. The average molecular weight is 361 g/mol. The van der Waals surface area contributed by atoms with E-state index in [1.54, 1.807) is 24.3 Å². The van der Waals surface area contributed by atoms with E-state index in [-0.39, 0.29) is 16.9 Å². The van der Waals surface area contributed by atoms with Crippen molar-refractivity contribution in [3.05, 3.63) is 68.7 Å². The molecule has 0 aliphatic rings. The van der Waals surface area contributed by atoms with Crippen LogP contribution < -0.4 is 5.32 Å². The molecule has 20 heavy (non-hydrogen) atoms. The van der Waals surface area contributed by atoms with Crippen molar-refractivity contribution in [3.63, 3.8) is 0 Å². The molecule has 0 saturated carbocycles. The van der Waals surface area contributed by atoms with Crippen LogP contribution in [0.5, 0.6) is 0 Å². The molecule has 2 aromatic rings. The molecule has 2 aromatic carbocycles. The van der Waals surface area contributed by atoms with Gasteiger partial charge in [-0.25, -0.2) is 8.78 Å². The van der Waals surface area contributed by atoms with Gasteiger partial charge in [0, 0.05) is 22.6 Å². The van der Waals surface area contributed by atoms with Crippen LogP contribution >= 0.6 is 27.5 Å². The Kier molecular flexibility index (Phi) is 5.13. The van der Waals surface area contributed by atoms with Gasteiger partial charge in [-0.15, -0.1) is 0 Å². The Balaban J connectivity index is 2.04. The number of nitrogens with one attached hydrogen (secondary N) is 1. The minimum absolute atomic E-state index is 0.0896. The molecule has 2 rings (SSSR count). The summed E-state index contributed by atoms with van der Waals surface area (Å²) in [7, 11) is 0. The van der Waals surface area contributed by atoms with Gasteiger partial charge in [0.05, 0.1) is 5.02 Å². The van der Waals surface area contributed by atoms with E-state index in [2.05, 4.69) is 21.2 Å². The van der Waals surface area contributed by atoms with Gasteiger partial charge in [0.25, 0.3) is 0 Å². The molecule has 1 atom stereocenters. The standard InChI is InChI=1S/C15H13BrClF2N/c1-9(12-4-3-11(16)7-15(12)19)20-8-10-2-5-14(18)13(17)6-10/h2-7,9,20H,8H2,1H3. The van der Waals surface area contributed by atoms with Crippen LogP contribution in [0.2, 0.25) is 5.02 Å². The number of hydrogen-bond acceptors (Lipinski definition) is 1. The molecule has 0 spiro atoms. The van der Waals surface area contributed by atoms with E-state index in [9.17, 15) is 8.78 Å². The van der Waals surface area contributed by atoms with Crippen molar-refractivity contribution in [2.75, 3.05) is 0 Å². The Bertz CT molecular complexity index is 619. The van der Waals surface area contributed by atoms with Crippen molar-refractivity contribution in [1.82, 2.24) is 5.32 Å². The first-order chi connectivity index (χ1) is 9.47. The molecule has 0 amide bonds. The van der Waals surface area contributed by atoms with E-state index < -0.39 is 5.82 Å². The third-order valence-corrected chi connectivity index (χ3v) is 3.81. The Hall–Kier alpha value is -0.970. The second kappa shape index (κ2) is 6.66. The number of benzene rings is 2. The Labute approximate surface area is 130 Å². The van der Waals surface area contributed by atoms with Gasteiger partial charge < -0.3 is 5.32 Å². The maximum Gasteiger partial charge on any atom is 0.141 e. The zero-order valence-electron chi connectivity index (χ0n) is 10.8. The quantitative estimate of drug-likeness (QED) is 0.787. The van der Waals surface area contributed by atoms with Gasteiger partial charge in [-0.1, -0.05) is 39.7 Å². The minimum Gasteiger partial charge on any atom is -0.306 e. The molecule has 0 aliphatic heterocycles. The maximum atomic E-state index is 13.8. The lowest BCUT2D eigenvalue weighted by atomic mass is 10.1. The molecule has 0 fully saturated rings. The predicted molar refractivity (Wildman–Crippen MR) is 80.8 cm³/mol. The van der Waals surface area contributed by atoms with E-state index >= 15 is 0 Å². The summed E-state index contributed by atoms with van der Waals surface area (Å²) < 4.78 is 27.6. The van der Waals surface area contributed by atoms with Crippen LogP contribution in [0.4, 0.5) is 8.78 Å². The van der Waals surface area contributed by atoms with Gasteiger partial charge in [-0.2, -0.15) is 0 Å². The zero-order valence-corrected chi connectivity index (χ0v) is 13.1. The molecule has 0 radical (unpaired) electrons. The summed E-state index contributed by atoms with van der Waals surface area (Å²) in [5, 5.41) is 3.28. The summed E-state index contributed by atoms with van der Waals surface area (Å²) in [6.07, 6.45) is 0. The fourth-order valence-electron chi connectivity index (χ4n) is 1.88. The SMILES string of the molecule is CC(NCc1ccc(F)c(Cl)c1)c1ccc(Br)cc1F.